The van der Waals surface area contributed by atoms with Gasteiger partial charge in [-0.1, -0.05) is 17.7 Å². The van der Waals surface area contributed by atoms with Crippen molar-refractivity contribution in [3.63, 3.8) is 0 Å². The highest BCUT2D eigenvalue weighted by Crippen LogP contribution is 2.16. The second kappa shape index (κ2) is 7.30. The minimum atomic E-state index is -0.0310. The molecule has 1 aromatic carbocycles. The monoisotopic (exact) mass is 334 g/mol. The van der Waals surface area contributed by atoms with Crippen molar-refractivity contribution in [2.75, 3.05) is 6.54 Å². The van der Waals surface area contributed by atoms with Gasteiger partial charge in [0.05, 0.1) is 12.2 Å². The van der Waals surface area contributed by atoms with Gasteiger partial charge in [0.15, 0.2) is 0 Å². The molecule has 0 bridgehead atoms. The molecule has 5 heteroatoms. The van der Waals surface area contributed by atoms with Gasteiger partial charge in [0, 0.05) is 36.3 Å². The summed E-state index contributed by atoms with van der Waals surface area (Å²) in [7, 11) is 0. The molecular weight excluding hydrogens is 312 g/mol. The van der Waals surface area contributed by atoms with Crippen molar-refractivity contribution in [1.82, 2.24) is 20.1 Å². The Bertz CT molecular complexity index is 861. The molecule has 25 heavy (non-hydrogen) atoms. The van der Waals surface area contributed by atoms with E-state index in [2.05, 4.69) is 15.4 Å². The zero-order valence-corrected chi connectivity index (χ0v) is 14.8. The summed E-state index contributed by atoms with van der Waals surface area (Å²) in [6.07, 6.45) is 5.42. The number of carbonyl (C=O) groups excluding carboxylic acids is 1. The fourth-order valence-electron chi connectivity index (χ4n) is 3.07. The molecule has 2 heterocycles. The SMILES string of the molecule is Cc1cc(C)c(C(=O)NCCn2ccc(-c3ccncc3)n2)c(C)c1. The minimum absolute atomic E-state index is 0.0310. The quantitative estimate of drug-likeness (QED) is 0.779. The van der Waals surface area contributed by atoms with E-state index in [1.54, 1.807) is 12.4 Å². The molecule has 0 aliphatic rings. The van der Waals surface area contributed by atoms with Gasteiger partial charge in [0.25, 0.3) is 5.91 Å². The van der Waals surface area contributed by atoms with Crippen molar-refractivity contribution in [3.8, 4) is 11.3 Å². The van der Waals surface area contributed by atoms with E-state index in [0.29, 0.717) is 13.1 Å². The van der Waals surface area contributed by atoms with E-state index >= 15 is 0 Å². The van der Waals surface area contributed by atoms with Gasteiger partial charge in [-0.3, -0.25) is 14.5 Å². The summed E-state index contributed by atoms with van der Waals surface area (Å²) in [4.78, 5) is 16.5. The smallest absolute Gasteiger partial charge is 0.251 e. The number of hydrogen-bond donors (Lipinski definition) is 1. The van der Waals surface area contributed by atoms with E-state index in [1.807, 2.05) is 62.0 Å². The first-order valence-corrected chi connectivity index (χ1v) is 8.34. The Labute approximate surface area is 147 Å². The molecule has 0 saturated carbocycles. The summed E-state index contributed by atoms with van der Waals surface area (Å²) in [6, 6.07) is 9.90. The molecule has 0 spiro atoms. The number of nitrogens with one attached hydrogen (secondary N) is 1. The van der Waals surface area contributed by atoms with Gasteiger partial charge in [-0.05, 0) is 50.1 Å². The molecule has 2 aromatic heterocycles. The van der Waals surface area contributed by atoms with Crippen molar-refractivity contribution in [2.24, 2.45) is 0 Å². The maximum absolute atomic E-state index is 12.5. The summed E-state index contributed by atoms with van der Waals surface area (Å²) in [5, 5.41) is 7.52. The third kappa shape index (κ3) is 3.94. The number of rotatable bonds is 5. The Morgan fingerprint density at radius 2 is 1.76 bits per heavy atom. The molecule has 5 nitrogen and oxygen atoms in total. The number of aromatic nitrogens is 3. The maximum Gasteiger partial charge on any atom is 0.251 e. The topological polar surface area (TPSA) is 59.8 Å². The third-order valence-electron chi connectivity index (χ3n) is 4.15. The molecular formula is C20H22N4O. The summed E-state index contributed by atoms with van der Waals surface area (Å²) in [6.45, 7) is 7.15. The Hall–Kier alpha value is -2.95. The van der Waals surface area contributed by atoms with Crippen LogP contribution in [0, 0.1) is 20.8 Å². The molecule has 128 valence electrons. The number of nitrogens with zero attached hydrogens (tertiary/aromatic N) is 3. The standard InChI is InChI=1S/C20H22N4O/c1-14-12-15(2)19(16(3)13-14)20(25)22-9-11-24-10-6-18(23-24)17-4-7-21-8-5-17/h4-8,10,12-13H,9,11H2,1-3H3,(H,22,25). The maximum atomic E-state index is 12.5. The van der Waals surface area contributed by atoms with Crippen LogP contribution in [0.5, 0.6) is 0 Å². The highest BCUT2D eigenvalue weighted by molar-refractivity contribution is 5.97. The molecule has 0 fully saturated rings. The lowest BCUT2D eigenvalue weighted by molar-refractivity contribution is 0.0950. The van der Waals surface area contributed by atoms with Crippen molar-refractivity contribution in [2.45, 2.75) is 27.3 Å². The van der Waals surface area contributed by atoms with Gasteiger partial charge in [0.1, 0.15) is 0 Å². The molecule has 1 amide bonds. The predicted octanol–water partition coefficient (Wildman–Crippen LogP) is 3.30. The molecule has 0 aliphatic carbocycles. The lowest BCUT2D eigenvalue weighted by atomic mass is 9.99. The van der Waals surface area contributed by atoms with Gasteiger partial charge >= 0.3 is 0 Å². The van der Waals surface area contributed by atoms with Crippen LogP contribution in [0.3, 0.4) is 0 Å². The highest BCUT2D eigenvalue weighted by Gasteiger charge is 2.12. The highest BCUT2D eigenvalue weighted by atomic mass is 16.1. The first-order chi connectivity index (χ1) is 12.0. The van der Waals surface area contributed by atoms with Crippen LogP contribution in [-0.4, -0.2) is 27.2 Å². The number of benzene rings is 1. The molecule has 0 aliphatic heterocycles. The zero-order valence-electron chi connectivity index (χ0n) is 14.8. The predicted molar refractivity (Wildman–Crippen MR) is 98.4 cm³/mol. The summed E-state index contributed by atoms with van der Waals surface area (Å²) >= 11 is 0. The fraction of sp³-hybridized carbons (Fsp3) is 0.250. The van der Waals surface area contributed by atoms with Gasteiger partial charge < -0.3 is 5.32 Å². The number of pyridine rings is 1. The van der Waals surface area contributed by atoms with Crippen molar-refractivity contribution >= 4 is 5.91 Å². The molecule has 0 saturated heterocycles. The summed E-state index contributed by atoms with van der Waals surface area (Å²) in [5.74, 6) is -0.0310. The van der Waals surface area contributed by atoms with Crippen molar-refractivity contribution in [1.29, 1.82) is 0 Å². The molecule has 1 N–H and O–H groups in total. The number of aryl methyl sites for hydroxylation is 3. The summed E-state index contributed by atoms with van der Waals surface area (Å²) in [5.41, 5.74) is 5.89. The van der Waals surface area contributed by atoms with Crippen LogP contribution in [0.1, 0.15) is 27.0 Å². The Balaban J connectivity index is 1.60. The molecule has 0 unspecified atom stereocenters. The van der Waals surface area contributed by atoms with E-state index < -0.39 is 0 Å². The largest absolute Gasteiger partial charge is 0.350 e. The first kappa shape index (κ1) is 16.9. The summed E-state index contributed by atoms with van der Waals surface area (Å²) < 4.78 is 1.84. The van der Waals surface area contributed by atoms with Crippen molar-refractivity contribution < 1.29 is 4.79 Å². The van der Waals surface area contributed by atoms with Gasteiger partial charge in [0.2, 0.25) is 0 Å². The van der Waals surface area contributed by atoms with E-state index in [4.69, 9.17) is 0 Å². The Kier molecular flexibility index (Phi) is 4.93. The number of amides is 1. The molecule has 3 rings (SSSR count). The number of hydrogen-bond acceptors (Lipinski definition) is 3. The minimum Gasteiger partial charge on any atom is -0.350 e. The molecule has 3 aromatic rings. The van der Waals surface area contributed by atoms with Crippen LogP contribution >= 0.6 is 0 Å². The lowest BCUT2D eigenvalue weighted by Crippen LogP contribution is -2.28. The van der Waals surface area contributed by atoms with Crippen LogP contribution in [0.25, 0.3) is 11.3 Å². The van der Waals surface area contributed by atoms with Crippen LogP contribution in [-0.2, 0) is 6.54 Å². The van der Waals surface area contributed by atoms with Gasteiger partial charge in [-0.15, -0.1) is 0 Å². The lowest BCUT2D eigenvalue weighted by Gasteiger charge is -2.11. The van der Waals surface area contributed by atoms with Gasteiger partial charge in [-0.2, -0.15) is 5.10 Å². The Morgan fingerprint density at radius 1 is 1.08 bits per heavy atom. The Morgan fingerprint density at radius 3 is 2.44 bits per heavy atom. The van der Waals surface area contributed by atoms with E-state index in [-0.39, 0.29) is 5.91 Å². The van der Waals surface area contributed by atoms with Crippen LogP contribution in [0.2, 0.25) is 0 Å². The molecule has 0 radical (unpaired) electrons. The second-order valence-electron chi connectivity index (χ2n) is 6.23. The van der Waals surface area contributed by atoms with Crippen molar-refractivity contribution in [3.05, 3.63) is 71.2 Å². The average molecular weight is 334 g/mol. The van der Waals surface area contributed by atoms with E-state index in [0.717, 1.165) is 27.9 Å². The first-order valence-electron chi connectivity index (χ1n) is 8.34. The third-order valence-corrected chi connectivity index (χ3v) is 4.15. The van der Waals surface area contributed by atoms with Crippen LogP contribution in [0.4, 0.5) is 0 Å². The zero-order chi connectivity index (χ0) is 17.8. The van der Waals surface area contributed by atoms with Gasteiger partial charge in [-0.25, -0.2) is 0 Å². The van der Waals surface area contributed by atoms with E-state index in [9.17, 15) is 4.79 Å². The van der Waals surface area contributed by atoms with Crippen LogP contribution in [0.15, 0.2) is 48.9 Å². The van der Waals surface area contributed by atoms with Crippen LogP contribution < -0.4 is 5.32 Å². The van der Waals surface area contributed by atoms with E-state index in [1.165, 1.54) is 5.56 Å². The molecule has 0 atom stereocenters. The average Bonchev–Trinajstić information content (AvgIpc) is 3.03. The second-order valence-corrected chi connectivity index (χ2v) is 6.23. The fourth-order valence-corrected chi connectivity index (χ4v) is 3.07. The number of carbonyl (C=O) groups is 1. The normalized spacial score (nSPS) is 10.7.